The second-order valence-corrected chi connectivity index (χ2v) is 7.23. The molecule has 1 fully saturated rings. The van der Waals surface area contributed by atoms with E-state index in [-0.39, 0.29) is 5.16 Å². The normalized spacial score (nSPS) is 15.2. The highest BCUT2D eigenvalue weighted by Crippen LogP contribution is 2.27. The number of carbonyl (C=O) groups is 1. The summed E-state index contributed by atoms with van der Waals surface area (Å²) in [6, 6.07) is 4.88. The number of H-pyrrole nitrogens is 1. The Bertz CT molecular complexity index is 793. The molecule has 1 amide bonds. The Balaban J connectivity index is 1.76. The van der Waals surface area contributed by atoms with Gasteiger partial charge in [-0.05, 0) is 37.0 Å². The maximum Gasteiger partial charge on any atom is 0.235 e. The fraction of sp³-hybridized carbons (Fsp3) is 0.385. The number of aromatic amines is 1. The van der Waals surface area contributed by atoms with Gasteiger partial charge in [0.25, 0.3) is 0 Å². The Labute approximate surface area is 121 Å². The van der Waals surface area contributed by atoms with Gasteiger partial charge in [-0.15, -0.1) is 0 Å². The third kappa shape index (κ3) is 3.15. The van der Waals surface area contributed by atoms with Crippen molar-refractivity contribution in [3.8, 4) is 0 Å². The average Bonchev–Trinajstić information content (AvgIpc) is 3.13. The van der Waals surface area contributed by atoms with Crippen molar-refractivity contribution in [2.45, 2.75) is 18.0 Å². The zero-order chi connectivity index (χ0) is 15.0. The lowest BCUT2D eigenvalue weighted by atomic mass is 10.3. The molecule has 1 saturated carbocycles. The topological polar surface area (TPSA) is 118 Å². The van der Waals surface area contributed by atoms with Crippen LogP contribution in [-0.2, 0) is 14.6 Å². The Kier molecular flexibility index (Phi) is 3.32. The number of hydrogen-bond donors (Lipinski definition) is 3. The third-order valence-corrected chi connectivity index (χ3v) is 4.81. The number of benzene rings is 1. The van der Waals surface area contributed by atoms with Gasteiger partial charge in [0.15, 0.2) is 0 Å². The molecular weight excluding hydrogens is 292 g/mol. The molecule has 1 aliphatic carbocycles. The second kappa shape index (κ2) is 5.03. The van der Waals surface area contributed by atoms with Crippen molar-refractivity contribution in [1.29, 1.82) is 0 Å². The molecule has 2 aromatic rings. The number of nitrogen functional groups attached to an aromatic ring is 1. The van der Waals surface area contributed by atoms with Crippen molar-refractivity contribution in [2.24, 2.45) is 5.92 Å². The van der Waals surface area contributed by atoms with E-state index in [2.05, 4.69) is 15.3 Å². The number of imidazole rings is 1. The lowest BCUT2D eigenvalue weighted by Crippen LogP contribution is -2.32. The number of fused-ring (bicyclic) bond motifs is 1. The number of nitrogens with two attached hydrogens (primary N) is 1. The highest BCUT2D eigenvalue weighted by Gasteiger charge is 2.25. The van der Waals surface area contributed by atoms with Gasteiger partial charge in [-0.1, -0.05) is 0 Å². The van der Waals surface area contributed by atoms with Crippen molar-refractivity contribution in [1.82, 2.24) is 15.3 Å². The van der Waals surface area contributed by atoms with Gasteiger partial charge in [0.05, 0.1) is 11.0 Å². The molecule has 0 bridgehead atoms. The maximum absolute atomic E-state index is 12.2. The van der Waals surface area contributed by atoms with Crippen LogP contribution in [0.1, 0.15) is 12.8 Å². The first-order valence-electron chi connectivity index (χ1n) is 6.69. The minimum atomic E-state index is -3.78. The highest BCUT2D eigenvalue weighted by atomic mass is 32.2. The fourth-order valence-corrected chi connectivity index (χ4v) is 3.11. The molecule has 1 aliphatic rings. The quantitative estimate of drug-likeness (QED) is 0.693. The van der Waals surface area contributed by atoms with Crippen LogP contribution >= 0.6 is 0 Å². The predicted molar refractivity (Wildman–Crippen MR) is 78.3 cm³/mol. The van der Waals surface area contributed by atoms with Crippen molar-refractivity contribution < 1.29 is 13.2 Å². The van der Waals surface area contributed by atoms with Crippen molar-refractivity contribution in [3.63, 3.8) is 0 Å². The van der Waals surface area contributed by atoms with E-state index in [0.717, 1.165) is 12.8 Å². The summed E-state index contributed by atoms with van der Waals surface area (Å²) in [4.78, 5) is 18.4. The summed E-state index contributed by atoms with van der Waals surface area (Å²) in [5.41, 5.74) is 7.18. The van der Waals surface area contributed by atoms with Gasteiger partial charge >= 0.3 is 0 Å². The van der Waals surface area contributed by atoms with E-state index < -0.39 is 21.5 Å². The minimum Gasteiger partial charge on any atom is -0.399 e. The molecule has 0 unspecified atom stereocenters. The zero-order valence-electron chi connectivity index (χ0n) is 11.3. The van der Waals surface area contributed by atoms with E-state index in [4.69, 9.17) is 5.73 Å². The number of carbonyl (C=O) groups excluding carboxylic acids is 1. The Morgan fingerprint density at radius 2 is 2.19 bits per heavy atom. The first-order valence-corrected chi connectivity index (χ1v) is 8.34. The maximum atomic E-state index is 12.2. The second-order valence-electron chi connectivity index (χ2n) is 5.33. The van der Waals surface area contributed by atoms with Crippen molar-refractivity contribution in [3.05, 3.63) is 18.2 Å². The zero-order valence-corrected chi connectivity index (χ0v) is 12.1. The summed E-state index contributed by atoms with van der Waals surface area (Å²) in [5.74, 6) is -0.595. The van der Waals surface area contributed by atoms with Crippen molar-refractivity contribution >= 4 is 32.5 Å². The van der Waals surface area contributed by atoms with Crippen LogP contribution in [0.4, 0.5) is 5.69 Å². The molecule has 0 aliphatic heterocycles. The molecular formula is C13H16N4O3S. The first kappa shape index (κ1) is 13.9. The Hall–Kier alpha value is -2.09. The Morgan fingerprint density at radius 1 is 1.43 bits per heavy atom. The monoisotopic (exact) mass is 308 g/mol. The highest BCUT2D eigenvalue weighted by molar-refractivity contribution is 7.91. The molecule has 21 heavy (non-hydrogen) atoms. The number of aromatic nitrogens is 2. The summed E-state index contributed by atoms with van der Waals surface area (Å²) in [7, 11) is -3.78. The standard InChI is InChI=1S/C13H16N4O3S/c14-9-3-4-10-11(5-9)17-13(16-10)21(19,20)7-12(18)15-6-8-1-2-8/h3-5,8H,1-2,6-7,14H2,(H,15,18)(H,16,17). The average molecular weight is 308 g/mol. The smallest absolute Gasteiger partial charge is 0.235 e. The van der Waals surface area contributed by atoms with Gasteiger partial charge in [0.2, 0.25) is 20.9 Å². The Morgan fingerprint density at radius 3 is 2.90 bits per heavy atom. The van der Waals surface area contributed by atoms with E-state index in [1.54, 1.807) is 18.2 Å². The van der Waals surface area contributed by atoms with Gasteiger partial charge in [0.1, 0.15) is 5.75 Å². The van der Waals surface area contributed by atoms with E-state index in [1.165, 1.54) is 0 Å². The minimum absolute atomic E-state index is 0.204. The molecule has 0 atom stereocenters. The van der Waals surface area contributed by atoms with E-state index >= 15 is 0 Å². The largest absolute Gasteiger partial charge is 0.399 e. The third-order valence-electron chi connectivity index (χ3n) is 3.38. The summed E-state index contributed by atoms with van der Waals surface area (Å²) >= 11 is 0. The predicted octanol–water partition coefficient (Wildman–Crippen LogP) is 0.445. The summed E-state index contributed by atoms with van der Waals surface area (Å²) in [5, 5.41) is 2.43. The molecule has 1 aromatic carbocycles. The van der Waals surface area contributed by atoms with Crippen LogP contribution in [0.15, 0.2) is 23.4 Å². The van der Waals surface area contributed by atoms with Crippen LogP contribution in [0, 0.1) is 5.92 Å². The van der Waals surface area contributed by atoms with Gasteiger partial charge in [0, 0.05) is 12.2 Å². The summed E-state index contributed by atoms with van der Waals surface area (Å²) in [6.45, 7) is 0.547. The van der Waals surface area contributed by atoms with E-state index in [9.17, 15) is 13.2 Å². The molecule has 7 nitrogen and oxygen atoms in total. The molecule has 8 heteroatoms. The fourth-order valence-electron chi connectivity index (χ4n) is 2.02. The lowest BCUT2D eigenvalue weighted by Gasteiger charge is -2.03. The molecule has 3 rings (SSSR count). The molecule has 1 heterocycles. The van der Waals surface area contributed by atoms with Gasteiger partial charge in [-0.2, -0.15) is 0 Å². The number of hydrogen-bond acceptors (Lipinski definition) is 5. The van der Waals surface area contributed by atoms with Gasteiger partial charge < -0.3 is 16.0 Å². The van der Waals surface area contributed by atoms with Crippen LogP contribution in [0.5, 0.6) is 0 Å². The molecule has 1 aromatic heterocycles. The number of anilines is 1. The van der Waals surface area contributed by atoms with Crippen LogP contribution in [-0.4, -0.2) is 36.6 Å². The number of rotatable bonds is 5. The molecule has 0 radical (unpaired) electrons. The van der Waals surface area contributed by atoms with Crippen molar-refractivity contribution in [2.75, 3.05) is 18.0 Å². The lowest BCUT2D eigenvalue weighted by molar-refractivity contribution is -0.118. The summed E-state index contributed by atoms with van der Waals surface area (Å²) < 4.78 is 24.3. The molecule has 4 N–H and O–H groups in total. The van der Waals surface area contributed by atoms with Crippen LogP contribution in [0.2, 0.25) is 0 Å². The van der Waals surface area contributed by atoms with Crippen LogP contribution < -0.4 is 11.1 Å². The van der Waals surface area contributed by atoms with Gasteiger partial charge in [-0.3, -0.25) is 4.79 Å². The molecule has 0 spiro atoms. The molecule has 112 valence electrons. The van der Waals surface area contributed by atoms with Crippen LogP contribution in [0.25, 0.3) is 11.0 Å². The number of amides is 1. The first-order chi connectivity index (χ1) is 9.94. The number of sulfone groups is 1. The van der Waals surface area contributed by atoms with E-state index in [1.807, 2.05) is 0 Å². The number of nitrogens with zero attached hydrogens (tertiary/aromatic N) is 1. The SMILES string of the molecule is Nc1ccc2nc(S(=O)(=O)CC(=O)NCC3CC3)[nH]c2c1. The number of nitrogens with one attached hydrogen (secondary N) is 2. The van der Waals surface area contributed by atoms with Gasteiger partial charge in [-0.25, -0.2) is 13.4 Å². The summed E-state index contributed by atoms with van der Waals surface area (Å²) in [6.07, 6.45) is 2.19. The molecule has 0 saturated heterocycles. The van der Waals surface area contributed by atoms with Crippen LogP contribution in [0.3, 0.4) is 0 Å². The van der Waals surface area contributed by atoms with E-state index in [0.29, 0.717) is 29.2 Å².